The number of thiazole rings is 1. The maximum absolute atomic E-state index is 12.0. The van der Waals surface area contributed by atoms with Crippen molar-refractivity contribution in [1.82, 2.24) is 14.3 Å². The molecule has 0 aliphatic carbocycles. The number of aromatic nitrogens is 2. The van der Waals surface area contributed by atoms with E-state index in [9.17, 15) is 14.4 Å². The number of amides is 1. The van der Waals surface area contributed by atoms with Gasteiger partial charge in [-0.25, -0.2) is 4.98 Å². The summed E-state index contributed by atoms with van der Waals surface area (Å²) < 4.78 is 1.48. The summed E-state index contributed by atoms with van der Waals surface area (Å²) in [5, 5.41) is 10.6. The molecule has 8 nitrogen and oxygen atoms in total. The second-order valence-corrected chi connectivity index (χ2v) is 5.42. The monoisotopic (exact) mass is 310 g/mol. The highest BCUT2D eigenvalue weighted by atomic mass is 32.1. The van der Waals surface area contributed by atoms with Gasteiger partial charge in [0.25, 0.3) is 5.56 Å². The lowest BCUT2D eigenvalue weighted by atomic mass is 10.3. The molecule has 0 bridgehead atoms. The van der Waals surface area contributed by atoms with Gasteiger partial charge in [-0.05, 0) is 6.92 Å². The summed E-state index contributed by atoms with van der Waals surface area (Å²) in [6.45, 7) is 1.30. The van der Waals surface area contributed by atoms with Crippen LogP contribution in [0, 0.1) is 6.92 Å². The summed E-state index contributed by atoms with van der Waals surface area (Å²) in [6, 6.07) is 1.34. The van der Waals surface area contributed by atoms with E-state index in [0.717, 1.165) is 5.69 Å². The van der Waals surface area contributed by atoms with Gasteiger partial charge in [-0.2, -0.15) is 0 Å². The van der Waals surface area contributed by atoms with Crippen molar-refractivity contribution >= 4 is 28.2 Å². The molecule has 3 N–H and O–H groups in total. The van der Waals surface area contributed by atoms with E-state index in [-0.39, 0.29) is 25.2 Å². The Bertz CT molecular complexity index is 735. The topological polar surface area (TPSA) is 118 Å². The van der Waals surface area contributed by atoms with E-state index >= 15 is 0 Å². The largest absolute Gasteiger partial charge is 0.480 e. The fourth-order valence-electron chi connectivity index (χ4n) is 1.99. The summed E-state index contributed by atoms with van der Waals surface area (Å²) in [4.78, 5) is 39.9. The molecular weight excluding hydrogens is 296 g/mol. The minimum absolute atomic E-state index is 0.0674. The van der Waals surface area contributed by atoms with Crippen LogP contribution in [0.3, 0.4) is 0 Å². The van der Waals surface area contributed by atoms with E-state index in [1.165, 1.54) is 26.7 Å². The van der Waals surface area contributed by atoms with Gasteiger partial charge in [0.05, 0.1) is 18.8 Å². The number of fused-ring (bicyclic) bond motifs is 1. The van der Waals surface area contributed by atoms with Crippen LogP contribution in [0.2, 0.25) is 0 Å². The molecule has 2 aromatic rings. The molecule has 0 aromatic carbocycles. The number of carboxylic acids is 1. The molecule has 2 heterocycles. The van der Waals surface area contributed by atoms with Crippen LogP contribution in [0.5, 0.6) is 0 Å². The van der Waals surface area contributed by atoms with E-state index in [0.29, 0.717) is 10.7 Å². The van der Waals surface area contributed by atoms with Crippen LogP contribution in [0.1, 0.15) is 11.4 Å². The summed E-state index contributed by atoms with van der Waals surface area (Å²) in [5.74, 6) is -1.72. The molecule has 0 saturated carbocycles. The highest BCUT2D eigenvalue weighted by molar-refractivity contribution is 7.15. The second-order valence-electron chi connectivity index (χ2n) is 4.59. The van der Waals surface area contributed by atoms with Crippen molar-refractivity contribution in [3.05, 3.63) is 33.2 Å². The number of carbonyl (C=O) groups excluding carboxylic acids is 1. The fourth-order valence-corrected chi connectivity index (χ4v) is 2.88. The highest BCUT2D eigenvalue weighted by Gasteiger charge is 2.15. The first kappa shape index (κ1) is 15.1. The third-order valence-electron chi connectivity index (χ3n) is 2.75. The zero-order valence-electron chi connectivity index (χ0n) is 11.3. The van der Waals surface area contributed by atoms with E-state index in [4.69, 9.17) is 10.8 Å². The lowest BCUT2D eigenvalue weighted by Crippen LogP contribution is -2.37. The van der Waals surface area contributed by atoms with Crippen LogP contribution in [-0.2, 0) is 16.1 Å². The van der Waals surface area contributed by atoms with Crippen LogP contribution in [0.15, 0.2) is 16.2 Å². The Labute approximate surface area is 123 Å². The van der Waals surface area contributed by atoms with E-state index < -0.39 is 11.9 Å². The average molecular weight is 310 g/mol. The Morgan fingerprint density at radius 1 is 1.48 bits per heavy atom. The molecule has 1 amide bonds. The van der Waals surface area contributed by atoms with Gasteiger partial charge in [-0.3, -0.25) is 23.7 Å². The van der Waals surface area contributed by atoms with Crippen molar-refractivity contribution < 1.29 is 14.7 Å². The van der Waals surface area contributed by atoms with Crippen molar-refractivity contribution in [3.63, 3.8) is 0 Å². The lowest BCUT2D eigenvalue weighted by molar-refractivity contribution is -0.138. The van der Waals surface area contributed by atoms with Gasteiger partial charge in [0.2, 0.25) is 5.91 Å². The Morgan fingerprint density at radius 3 is 2.81 bits per heavy atom. The number of hydrogen-bond acceptors (Lipinski definition) is 6. The Hall–Kier alpha value is -2.26. The molecule has 0 atom stereocenters. The van der Waals surface area contributed by atoms with Crippen LogP contribution in [-0.4, -0.2) is 44.4 Å². The molecule has 0 aliphatic rings. The first-order valence-corrected chi connectivity index (χ1v) is 6.94. The molecule has 112 valence electrons. The molecule has 0 spiro atoms. The normalized spacial score (nSPS) is 11.1. The van der Waals surface area contributed by atoms with Gasteiger partial charge < -0.3 is 10.8 Å². The average Bonchev–Trinajstić information content (AvgIpc) is 2.69. The first-order chi connectivity index (χ1) is 9.86. The number of carbonyl (C=O) groups is 2. The zero-order valence-corrected chi connectivity index (χ0v) is 12.1. The molecule has 2 rings (SSSR count). The fraction of sp³-hybridized carbons (Fsp3) is 0.333. The number of primary amides is 1. The van der Waals surface area contributed by atoms with Crippen molar-refractivity contribution in [3.8, 4) is 0 Å². The number of carboxylic acid groups (broad SMARTS) is 1. The van der Waals surface area contributed by atoms with Crippen molar-refractivity contribution in [2.75, 3.05) is 13.1 Å². The molecular formula is C12H14N4O4S. The number of rotatable bonds is 6. The van der Waals surface area contributed by atoms with Gasteiger partial charge >= 0.3 is 5.97 Å². The minimum atomic E-state index is -1.08. The number of aliphatic carboxylic acids is 1. The number of aryl methyl sites for hydroxylation is 1. The SMILES string of the molecule is Cc1csc2nc(CN(CC(N)=O)CC(=O)O)cc(=O)n12. The Kier molecular flexibility index (Phi) is 4.34. The summed E-state index contributed by atoms with van der Waals surface area (Å²) in [7, 11) is 0. The predicted molar refractivity (Wildman–Crippen MR) is 76.2 cm³/mol. The van der Waals surface area contributed by atoms with Gasteiger partial charge in [-0.1, -0.05) is 0 Å². The van der Waals surface area contributed by atoms with Crippen LogP contribution in [0.4, 0.5) is 0 Å². The first-order valence-electron chi connectivity index (χ1n) is 6.06. The van der Waals surface area contributed by atoms with Crippen LogP contribution < -0.4 is 11.3 Å². The molecule has 0 fully saturated rings. The Balaban J connectivity index is 2.29. The van der Waals surface area contributed by atoms with Gasteiger partial charge in [0, 0.05) is 23.7 Å². The summed E-state index contributed by atoms with van der Waals surface area (Å²) in [5.41, 5.74) is 6.05. The smallest absolute Gasteiger partial charge is 0.317 e. The number of nitrogens with two attached hydrogens (primary N) is 1. The molecule has 9 heteroatoms. The third kappa shape index (κ3) is 3.64. The van der Waals surface area contributed by atoms with Gasteiger partial charge in [0.1, 0.15) is 0 Å². The van der Waals surface area contributed by atoms with Crippen LogP contribution in [0.25, 0.3) is 4.96 Å². The lowest BCUT2D eigenvalue weighted by Gasteiger charge is -2.17. The van der Waals surface area contributed by atoms with E-state index in [1.54, 1.807) is 6.92 Å². The van der Waals surface area contributed by atoms with E-state index in [1.807, 2.05) is 5.38 Å². The number of nitrogens with zero attached hydrogens (tertiary/aromatic N) is 3. The minimum Gasteiger partial charge on any atom is -0.480 e. The quantitative estimate of drug-likeness (QED) is 0.738. The predicted octanol–water partition coefficient (Wildman–Crippen LogP) is -0.564. The summed E-state index contributed by atoms with van der Waals surface area (Å²) in [6.07, 6.45) is 0. The third-order valence-corrected chi connectivity index (χ3v) is 3.70. The van der Waals surface area contributed by atoms with Gasteiger partial charge in [0.15, 0.2) is 4.96 Å². The van der Waals surface area contributed by atoms with Crippen LogP contribution >= 0.6 is 11.3 Å². The van der Waals surface area contributed by atoms with E-state index in [2.05, 4.69) is 4.98 Å². The molecule has 21 heavy (non-hydrogen) atoms. The molecule has 0 saturated heterocycles. The number of hydrogen-bond donors (Lipinski definition) is 2. The maximum Gasteiger partial charge on any atom is 0.317 e. The van der Waals surface area contributed by atoms with Crippen molar-refractivity contribution in [2.45, 2.75) is 13.5 Å². The van der Waals surface area contributed by atoms with Crippen molar-refractivity contribution in [2.24, 2.45) is 5.73 Å². The Morgan fingerprint density at radius 2 is 2.19 bits per heavy atom. The standard InChI is InChI=1S/C12H14N4O4S/c1-7-6-21-12-14-8(2-10(18)16(7)12)3-15(4-9(13)17)5-11(19)20/h2,6H,3-5H2,1H3,(H2,13,17)(H,19,20). The van der Waals surface area contributed by atoms with Gasteiger partial charge in [-0.15, -0.1) is 11.3 Å². The zero-order chi connectivity index (χ0) is 15.6. The highest BCUT2D eigenvalue weighted by Crippen LogP contribution is 2.12. The second kappa shape index (κ2) is 6.02. The molecule has 0 unspecified atom stereocenters. The maximum atomic E-state index is 12.0. The van der Waals surface area contributed by atoms with Crippen molar-refractivity contribution in [1.29, 1.82) is 0 Å². The molecule has 0 radical (unpaired) electrons. The molecule has 2 aromatic heterocycles. The molecule has 0 aliphatic heterocycles. The summed E-state index contributed by atoms with van der Waals surface area (Å²) >= 11 is 1.32.